The minimum absolute atomic E-state index is 0.172. The van der Waals surface area contributed by atoms with E-state index in [1.54, 1.807) is 0 Å². The number of hydrogen-bond acceptors (Lipinski definition) is 3. The Morgan fingerprint density at radius 3 is 2.77 bits per heavy atom. The third-order valence-corrected chi connectivity index (χ3v) is 3.32. The van der Waals surface area contributed by atoms with Crippen LogP contribution >= 0.6 is 11.8 Å². The van der Waals surface area contributed by atoms with Gasteiger partial charge in [-0.3, -0.25) is 4.79 Å². The summed E-state index contributed by atoms with van der Waals surface area (Å²) < 4.78 is 0. The maximum absolute atomic E-state index is 11.6. The Bertz CT molecular complexity index is 360. The van der Waals surface area contributed by atoms with Gasteiger partial charge in [-0.2, -0.15) is 0 Å². The number of anilines is 1. The van der Waals surface area contributed by atoms with E-state index in [4.69, 9.17) is 0 Å². The van der Waals surface area contributed by atoms with Crippen molar-refractivity contribution < 1.29 is 4.79 Å². The van der Waals surface area contributed by atoms with E-state index in [1.807, 2.05) is 38.1 Å². The molecule has 1 aromatic carbocycles. The Morgan fingerprint density at radius 2 is 2.00 bits per heavy atom. The largest absolute Gasteiger partial charge is 0.372 e. The van der Waals surface area contributed by atoms with Crippen molar-refractivity contribution >= 4 is 22.6 Å². The van der Waals surface area contributed by atoms with Crippen molar-refractivity contribution in [1.82, 2.24) is 0 Å². The van der Waals surface area contributed by atoms with E-state index in [0.29, 0.717) is 0 Å². The summed E-state index contributed by atoms with van der Waals surface area (Å²) in [7, 11) is 0. The minimum Gasteiger partial charge on any atom is -0.372 e. The van der Waals surface area contributed by atoms with E-state index in [-0.39, 0.29) is 5.12 Å². The summed E-state index contributed by atoms with van der Waals surface area (Å²) in [4.78, 5) is 12.6. The molecule has 0 spiro atoms. The first kappa shape index (κ1) is 8.63. The van der Waals surface area contributed by atoms with Crippen LogP contribution in [0, 0.1) is 0 Å². The topological polar surface area (TPSA) is 29.1 Å². The van der Waals surface area contributed by atoms with E-state index in [9.17, 15) is 4.79 Å². The number of fused-ring (bicyclic) bond motifs is 1. The van der Waals surface area contributed by atoms with Gasteiger partial charge in [0.2, 0.25) is 5.12 Å². The second-order valence-electron chi connectivity index (χ2n) is 3.64. The van der Waals surface area contributed by atoms with Gasteiger partial charge in [-0.05, 0) is 37.7 Å². The van der Waals surface area contributed by atoms with Crippen molar-refractivity contribution in [3.8, 4) is 0 Å². The fourth-order valence-electron chi connectivity index (χ4n) is 1.27. The first-order chi connectivity index (χ1) is 6.09. The molecule has 1 aliphatic rings. The normalized spacial score (nSPS) is 19.1. The second kappa shape index (κ2) is 2.77. The zero-order valence-electron chi connectivity index (χ0n) is 7.63. The van der Waals surface area contributed by atoms with Crippen LogP contribution in [0.25, 0.3) is 0 Å². The van der Waals surface area contributed by atoms with Gasteiger partial charge in [0.05, 0.1) is 0 Å². The third-order valence-electron chi connectivity index (χ3n) is 2.05. The second-order valence-corrected chi connectivity index (χ2v) is 4.65. The lowest BCUT2D eigenvalue weighted by Crippen LogP contribution is -2.40. The van der Waals surface area contributed by atoms with Gasteiger partial charge in [-0.15, -0.1) is 0 Å². The SMILES string of the molecule is CC1(C)Nc2ccccc2SC1=O. The van der Waals surface area contributed by atoms with Crippen LogP contribution in [0.5, 0.6) is 0 Å². The van der Waals surface area contributed by atoms with Crippen LogP contribution in [0.15, 0.2) is 29.2 Å². The molecule has 0 radical (unpaired) electrons. The van der Waals surface area contributed by atoms with Crippen LogP contribution in [0.1, 0.15) is 13.8 Å². The Morgan fingerprint density at radius 1 is 1.31 bits per heavy atom. The number of para-hydroxylation sites is 1. The lowest BCUT2D eigenvalue weighted by Gasteiger charge is -2.31. The molecule has 0 amide bonds. The number of rotatable bonds is 0. The molecule has 2 nitrogen and oxygen atoms in total. The summed E-state index contributed by atoms with van der Waals surface area (Å²) in [5.74, 6) is 0. The van der Waals surface area contributed by atoms with Crippen LogP contribution < -0.4 is 5.32 Å². The molecule has 0 saturated heterocycles. The van der Waals surface area contributed by atoms with Crippen LogP contribution in [-0.2, 0) is 4.79 Å². The van der Waals surface area contributed by atoms with E-state index >= 15 is 0 Å². The summed E-state index contributed by atoms with van der Waals surface area (Å²) in [5, 5.41) is 3.39. The molecule has 1 heterocycles. The van der Waals surface area contributed by atoms with Crippen LogP contribution in [0.3, 0.4) is 0 Å². The lowest BCUT2D eigenvalue weighted by atomic mass is 10.1. The summed E-state index contributed by atoms with van der Waals surface area (Å²) >= 11 is 1.32. The third kappa shape index (κ3) is 1.44. The van der Waals surface area contributed by atoms with Gasteiger partial charge in [0.1, 0.15) is 5.54 Å². The van der Waals surface area contributed by atoms with Gasteiger partial charge < -0.3 is 5.32 Å². The van der Waals surface area contributed by atoms with Crippen LogP contribution in [-0.4, -0.2) is 10.7 Å². The average Bonchev–Trinajstić information content (AvgIpc) is 2.06. The Labute approximate surface area is 81.7 Å². The van der Waals surface area contributed by atoms with Gasteiger partial charge >= 0.3 is 0 Å². The van der Waals surface area contributed by atoms with Crippen molar-refractivity contribution in [2.24, 2.45) is 0 Å². The van der Waals surface area contributed by atoms with Gasteiger partial charge in [0.15, 0.2) is 0 Å². The summed E-state index contributed by atoms with van der Waals surface area (Å²) in [6, 6.07) is 7.87. The fourth-order valence-corrected chi connectivity index (χ4v) is 2.16. The van der Waals surface area contributed by atoms with Crippen molar-refractivity contribution in [2.75, 3.05) is 5.32 Å². The van der Waals surface area contributed by atoms with Crippen molar-refractivity contribution in [3.63, 3.8) is 0 Å². The molecule has 0 atom stereocenters. The minimum atomic E-state index is -0.445. The number of nitrogens with one attached hydrogen (secondary N) is 1. The van der Waals surface area contributed by atoms with E-state index in [2.05, 4.69) is 5.32 Å². The summed E-state index contributed by atoms with van der Waals surface area (Å²) in [5.41, 5.74) is 0.607. The fraction of sp³-hybridized carbons (Fsp3) is 0.300. The highest BCUT2D eigenvalue weighted by Crippen LogP contribution is 2.37. The highest BCUT2D eigenvalue weighted by atomic mass is 32.2. The predicted molar refractivity (Wildman–Crippen MR) is 55.0 cm³/mol. The van der Waals surface area contributed by atoms with Gasteiger partial charge in [0.25, 0.3) is 0 Å². The molecule has 1 aromatic rings. The number of hydrogen-bond donors (Lipinski definition) is 1. The maximum Gasteiger partial charge on any atom is 0.218 e. The number of benzene rings is 1. The lowest BCUT2D eigenvalue weighted by molar-refractivity contribution is -0.114. The quantitative estimate of drug-likeness (QED) is 0.686. The number of carbonyl (C=O) groups excluding carboxylic acids is 1. The Kier molecular flexibility index (Phi) is 1.84. The summed E-state index contributed by atoms with van der Waals surface area (Å²) in [6.45, 7) is 3.80. The Hall–Kier alpha value is -0.960. The van der Waals surface area contributed by atoms with Gasteiger partial charge in [0, 0.05) is 10.6 Å². The van der Waals surface area contributed by atoms with Gasteiger partial charge in [-0.25, -0.2) is 0 Å². The molecule has 13 heavy (non-hydrogen) atoms. The number of carbonyl (C=O) groups is 1. The van der Waals surface area contributed by atoms with E-state index < -0.39 is 5.54 Å². The highest BCUT2D eigenvalue weighted by molar-refractivity contribution is 8.14. The first-order valence-corrected chi connectivity index (χ1v) is 5.01. The maximum atomic E-state index is 11.6. The highest BCUT2D eigenvalue weighted by Gasteiger charge is 2.33. The molecule has 0 bridgehead atoms. The summed E-state index contributed by atoms with van der Waals surface area (Å²) in [6.07, 6.45) is 0. The molecule has 0 aliphatic carbocycles. The smallest absolute Gasteiger partial charge is 0.218 e. The standard InChI is InChI=1S/C10H11NOS/c1-10(2)9(12)13-8-6-4-3-5-7(8)11-10/h3-6,11H,1-2H3. The predicted octanol–water partition coefficient (Wildman–Crippen LogP) is 2.51. The molecule has 0 saturated carbocycles. The molecular weight excluding hydrogens is 182 g/mol. The molecule has 3 heteroatoms. The van der Waals surface area contributed by atoms with E-state index in [1.165, 1.54) is 11.8 Å². The van der Waals surface area contributed by atoms with Gasteiger partial charge in [-0.1, -0.05) is 12.1 Å². The molecule has 1 N–H and O–H groups in total. The van der Waals surface area contributed by atoms with Crippen molar-refractivity contribution in [3.05, 3.63) is 24.3 Å². The Balaban J connectivity index is 2.44. The van der Waals surface area contributed by atoms with Crippen molar-refractivity contribution in [1.29, 1.82) is 0 Å². The first-order valence-electron chi connectivity index (χ1n) is 4.19. The molecular formula is C10H11NOS. The zero-order valence-corrected chi connectivity index (χ0v) is 8.44. The monoisotopic (exact) mass is 193 g/mol. The molecule has 0 unspecified atom stereocenters. The number of thioether (sulfide) groups is 1. The zero-order chi connectivity index (χ0) is 9.47. The molecule has 68 valence electrons. The molecule has 0 aromatic heterocycles. The molecule has 0 fully saturated rings. The average molecular weight is 193 g/mol. The van der Waals surface area contributed by atoms with Crippen LogP contribution in [0.2, 0.25) is 0 Å². The molecule has 1 aliphatic heterocycles. The van der Waals surface area contributed by atoms with Crippen molar-refractivity contribution in [2.45, 2.75) is 24.3 Å². The molecule has 2 rings (SSSR count). The van der Waals surface area contributed by atoms with Crippen LogP contribution in [0.4, 0.5) is 5.69 Å². The van der Waals surface area contributed by atoms with E-state index in [0.717, 1.165) is 10.6 Å².